The van der Waals surface area contributed by atoms with Crippen LogP contribution >= 0.6 is 0 Å². The van der Waals surface area contributed by atoms with Gasteiger partial charge in [-0.25, -0.2) is 4.39 Å². The van der Waals surface area contributed by atoms with Gasteiger partial charge in [-0.05, 0) is 49.4 Å². The van der Waals surface area contributed by atoms with E-state index in [0.717, 1.165) is 16.6 Å². The Hall–Kier alpha value is -1.44. The second-order valence-corrected chi connectivity index (χ2v) is 4.27. The molecule has 1 aromatic heterocycles. The molecule has 0 aliphatic heterocycles. The molecular formula is C13H12FN. The Morgan fingerprint density at radius 3 is 2.80 bits per heavy atom. The van der Waals surface area contributed by atoms with Gasteiger partial charge in [0.1, 0.15) is 5.82 Å². The van der Waals surface area contributed by atoms with Crippen LogP contribution in [0.15, 0.2) is 24.3 Å². The van der Waals surface area contributed by atoms with Crippen LogP contribution in [-0.2, 0) is 0 Å². The number of fused-ring (bicyclic) bond motifs is 1. The smallest absolute Gasteiger partial charge is 0.125 e. The molecule has 0 radical (unpaired) electrons. The minimum Gasteiger partial charge on any atom is -0.253 e. The summed E-state index contributed by atoms with van der Waals surface area (Å²) in [6, 6.07) is 6.97. The number of nitrogens with zero attached hydrogens (tertiary/aromatic N) is 1. The molecule has 1 aliphatic rings. The molecule has 0 saturated heterocycles. The second-order valence-electron chi connectivity index (χ2n) is 4.27. The summed E-state index contributed by atoms with van der Waals surface area (Å²) in [4.78, 5) is 4.46. The van der Waals surface area contributed by atoms with Crippen molar-refractivity contribution in [3.8, 4) is 0 Å². The number of pyridine rings is 1. The number of aryl methyl sites for hydroxylation is 1. The average molecular weight is 201 g/mol. The van der Waals surface area contributed by atoms with E-state index >= 15 is 0 Å². The fraction of sp³-hybridized carbons (Fsp3) is 0.308. The monoisotopic (exact) mass is 201 g/mol. The lowest BCUT2D eigenvalue weighted by Crippen LogP contribution is -1.92. The van der Waals surface area contributed by atoms with Crippen molar-refractivity contribution in [2.24, 2.45) is 0 Å². The van der Waals surface area contributed by atoms with E-state index in [1.165, 1.54) is 30.5 Å². The van der Waals surface area contributed by atoms with Gasteiger partial charge in [0.15, 0.2) is 0 Å². The first-order valence-corrected chi connectivity index (χ1v) is 5.31. The number of halogens is 1. The van der Waals surface area contributed by atoms with E-state index < -0.39 is 0 Å². The fourth-order valence-corrected chi connectivity index (χ4v) is 2.06. The molecule has 2 heteroatoms. The Kier molecular flexibility index (Phi) is 1.78. The van der Waals surface area contributed by atoms with E-state index in [2.05, 4.69) is 11.1 Å². The minimum atomic E-state index is -0.214. The third-order valence-electron chi connectivity index (χ3n) is 3.03. The van der Waals surface area contributed by atoms with Crippen molar-refractivity contribution >= 4 is 10.9 Å². The van der Waals surface area contributed by atoms with Gasteiger partial charge < -0.3 is 0 Å². The highest BCUT2D eigenvalue weighted by molar-refractivity contribution is 5.79. The first kappa shape index (κ1) is 8.84. The Balaban J connectivity index is 2.25. The van der Waals surface area contributed by atoms with Gasteiger partial charge >= 0.3 is 0 Å². The third-order valence-corrected chi connectivity index (χ3v) is 3.03. The maximum Gasteiger partial charge on any atom is 0.125 e. The van der Waals surface area contributed by atoms with Crippen molar-refractivity contribution in [1.29, 1.82) is 0 Å². The number of aromatic nitrogens is 1. The summed E-state index contributed by atoms with van der Waals surface area (Å²) in [6.45, 7) is 2.01. The highest BCUT2D eigenvalue weighted by atomic mass is 19.1. The summed E-state index contributed by atoms with van der Waals surface area (Å²) in [5.74, 6) is 0.487. The Morgan fingerprint density at radius 2 is 2.07 bits per heavy atom. The van der Waals surface area contributed by atoms with Crippen LogP contribution in [0.5, 0.6) is 0 Å². The molecule has 1 nitrogen and oxygen atoms in total. The van der Waals surface area contributed by atoms with Gasteiger partial charge in [-0.15, -0.1) is 0 Å². The van der Waals surface area contributed by atoms with Gasteiger partial charge in [-0.3, -0.25) is 4.98 Å². The molecule has 0 spiro atoms. The molecule has 0 N–H and O–H groups in total. The zero-order valence-electron chi connectivity index (χ0n) is 8.63. The van der Waals surface area contributed by atoms with Crippen LogP contribution in [0.1, 0.15) is 30.0 Å². The second kappa shape index (κ2) is 3.02. The van der Waals surface area contributed by atoms with Crippen molar-refractivity contribution < 1.29 is 4.39 Å². The lowest BCUT2D eigenvalue weighted by molar-refractivity contribution is 0.629. The van der Waals surface area contributed by atoms with E-state index in [9.17, 15) is 4.39 Å². The molecule has 1 aromatic carbocycles. The van der Waals surface area contributed by atoms with Crippen LogP contribution in [0.25, 0.3) is 10.9 Å². The SMILES string of the molecule is Cc1nc2cc(F)ccc2cc1C1CC1. The minimum absolute atomic E-state index is 0.214. The number of benzene rings is 1. The van der Waals surface area contributed by atoms with Crippen LogP contribution in [0.2, 0.25) is 0 Å². The molecule has 1 saturated carbocycles. The summed E-state index contributed by atoms with van der Waals surface area (Å²) in [6.07, 6.45) is 2.55. The summed E-state index contributed by atoms with van der Waals surface area (Å²) in [7, 11) is 0. The summed E-state index contributed by atoms with van der Waals surface area (Å²) in [5.41, 5.74) is 3.15. The zero-order valence-corrected chi connectivity index (χ0v) is 8.63. The zero-order chi connectivity index (χ0) is 10.4. The van der Waals surface area contributed by atoms with E-state index in [0.29, 0.717) is 5.92 Å². The van der Waals surface area contributed by atoms with E-state index in [4.69, 9.17) is 0 Å². The van der Waals surface area contributed by atoms with E-state index in [-0.39, 0.29) is 5.82 Å². The van der Waals surface area contributed by atoms with Crippen LogP contribution in [0, 0.1) is 12.7 Å². The van der Waals surface area contributed by atoms with Crippen molar-refractivity contribution in [2.75, 3.05) is 0 Å². The Bertz CT molecular complexity index is 529. The summed E-state index contributed by atoms with van der Waals surface area (Å²) >= 11 is 0. The molecule has 1 heterocycles. The van der Waals surface area contributed by atoms with Gasteiger partial charge in [0.25, 0.3) is 0 Å². The van der Waals surface area contributed by atoms with Gasteiger partial charge in [-0.1, -0.05) is 0 Å². The Labute approximate surface area is 88.0 Å². The third kappa shape index (κ3) is 1.50. The van der Waals surface area contributed by atoms with Crippen molar-refractivity contribution in [2.45, 2.75) is 25.7 Å². The number of rotatable bonds is 1. The average Bonchev–Trinajstić information content (AvgIpc) is 3.00. The number of hydrogen-bond acceptors (Lipinski definition) is 1. The van der Waals surface area contributed by atoms with Crippen LogP contribution < -0.4 is 0 Å². The first-order valence-electron chi connectivity index (χ1n) is 5.31. The molecule has 1 fully saturated rings. The lowest BCUT2D eigenvalue weighted by Gasteiger charge is -2.05. The standard InChI is InChI=1S/C13H12FN/c1-8-12(9-2-3-9)6-10-4-5-11(14)7-13(10)15-8/h4-7,9H,2-3H2,1H3. The molecular weight excluding hydrogens is 189 g/mol. The maximum absolute atomic E-state index is 13.0. The van der Waals surface area contributed by atoms with Crippen LogP contribution in [-0.4, -0.2) is 4.98 Å². The highest BCUT2D eigenvalue weighted by Crippen LogP contribution is 2.41. The maximum atomic E-state index is 13.0. The molecule has 1 aliphatic carbocycles. The summed E-state index contributed by atoms with van der Waals surface area (Å²) < 4.78 is 13.0. The van der Waals surface area contributed by atoms with Crippen molar-refractivity contribution in [1.82, 2.24) is 4.98 Å². The van der Waals surface area contributed by atoms with Crippen molar-refractivity contribution in [3.05, 3.63) is 41.3 Å². The molecule has 15 heavy (non-hydrogen) atoms. The molecule has 2 aromatic rings. The lowest BCUT2D eigenvalue weighted by atomic mass is 10.1. The predicted octanol–water partition coefficient (Wildman–Crippen LogP) is 3.56. The highest BCUT2D eigenvalue weighted by Gasteiger charge is 2.25. The van der Waals surface area contributed by atoms with E-state index in [1.807, 2.05) is 13.0 Å². The van der Waals surface area contributed by atoms with Crippen LogP contribution in [0.3, 0.4) is 0 Å². The van der Waals surface area contributed by atoms with Crippen molar-refractivity contribution in [3.63, 3.8) is 0 Å². The first-order chi connectivity index (χ1) is 7.24. The molecule has 76 valence electrons. The molecule has 0 unspecified atom stereocenters. The fourth-order valence-electron chi connectivity index (χ4n) is 2.06. The molecule has 0 bridgehead atoms. The molecule has 0 amide bonds. The quantitative estimate of drug-likeness (QED) is 0.687. The topological polar surface area (TPSA) is 12.9 Å². The Morgan fingerprint density at radius 1 is 1.27 bits per heavy atom. The number of hydrogen-bond donors (Lipinski definition) is 0. The van der Waals surface area contributed by atoms with Crippen LogP contribution in [0.4, 0.5) is 4.39 Å². The predicted molar refractivity (Wildman–Crippen MR) is 58.4 cm³/mol. The largest absolute Gasteiger partial charge is 0.253 e. The summed E-state index contributed by atoms with van der Waals surface area (Å²) in [5, 5.41) is 1.05. The van der Waals surface area contributed by atoms with Gasteiger partial charge in [0, 0.05) is 17.1 Å². The normalized spacial score (nSPS) is 15.9. The van der Waals surface area contributed by atoms with E-state index in [1.54, 1.807) is 0 Å². The molecule has 3 rings (SSSR count). The van der Waals surface area contributed by atoms with Gasteiger partial charge in [0.2, 0.25) is 0 Å². The van der Waals surface area contributed by atoms with Gasteiger partial charge in [0.05, 0.1) is 5.52 Å². The van der Waals surface area contributed by atoms with Gasteiger partial charge in [-0.2, -0.15) is 0 Å². The molecule has 0 atom stereocenters.